The van der Waals surface area contributed by atoms with Gasteiger partial charge in [0, 0.05) is 37.9 Å². The number of rotatable bonds is 7. The van der Waals surface area contributed by atoms with Crippen molar-refractivity contribution in [3.8, 4) is 11.8 Å². The van der Waals surface area contributed by atoms with E-state index in [0.717, 1.165) is 62.3 Å². The van der Waals surface area contributed by atoms with E-state index in [-0.39, 0.29) is 6.04 Å². The van der Waals surface area contributed by atoms with E-state index in [1.54, 1.807) is 0 Å². The van der Waals surface area contributed by atoms with Crippen LogP contribution < -0.4 is 10.1 Å². The van der Waals surface area contributed by atoms with Gasteiger partial charge in [0.2, 0.25) is 0 Å². The van der Waals surface area contributed by atoms with Crippen molar-refractivity contribution in [2.45, 2.75) is 51.1 Å². The van der Waals surface area contributed by atoms with Crippen LogP contribution in [0.15, 0.2) is 18.2 Å². The van der Waals surface area contributed by atoms with Crippen LogP contribution >= 0.6 is 0 Å². The fourth-order valence-corrected chi connectivity index (χ4v) is 3.95. The Bertz CT molecular complexity index is 742. The summed E-state index contributed by atoms with van der Waals surface area (Å²) in [7, 11) is 0. The Labute approximate surface area is 166 Å². The van der Waals surface area contributed by atoms with Crippen molar-refractivity contribution >= 4 is 11.8 Å². The van der Waals surface area contributed by atoms with Gasteiger partial charge < -0.3 is 20.1 Å². The van der Waals surface area contributed by atoms with Crippen LogP contribution in [0.5, 0.6) is 5.75 Å². The molecule has 2 N–H and O–H groups in total. The van der Waals surface area contributed by atoms with Crippen molar-refractivity contribution in [1.82, 2.24) is 9.80 Å². The zero-order chi connectivity index (χ0) is 20.1. The highest BCUT2D eigenvalue weighted by Crippen LogP contribution is 2.35. The number of benzene rings is 1. The first-order chi connectivity index (χ1) is 13.5. The fourth-order valence-electron chi connectivity index (χ4n) is 3.95. The molecule has 1 amide bonds. The fraction of sp³-hybridized carbons (Fsp3) is 0.619. The van der Waals surface area contributed by atoms with Gasteiger partial charge in [-0.25, -0.2) is 4.79 Å². The molecule has 1 atom stereocenters. The maximum atomic E-state index is 11.2. The molecule has 1 saturated heterocycles. The SMILES string of the molecule is CCc1cc(NC2(C#N)CCC2)ccc1OCCN1CCN(C(=O)O)C(C)C1. The normalized spacial score (nSPS) is 21.5. The van der Waals surface area contributed by atoms with Gasteiger partial charge in [0.25, 0.3) is 0 Å². The molecule has 0 radical (unpaired) electrons. The first-order valence-corrected chi connectivity index (χ1v) is 10.1. The van der Waals surface area contributed by atoms with Crippen LogP contribution in [0.25, 0.3) is 0 Å². The summed E-state index contributed by atoms with van der Waals surface area (Å²) >= 11 is 0. The second kappa shape index (κ2) is 8.70. The summed E-state index contributed by atoms with van der Waals surface area (Å²) in [5.74, 6) is 0.880. The van der Waals surface area contributed by atoms with Crippen molar-refractivity contribution in [1.29, 1.82) is 5.26 Å². The van der Waals surface area contributed by atoms with E-state index in [9.17, 15) is 10.1 Å². The zero-order valence-corrected chi connectivity index (χ0v) is 16.8. The Morgan fingerprint density at radius 3 is 2.79 bits per heavy atom. The molecule has 1 aliphatic heterocycles. The van der Waals surface area contributed by atoms with Gasteiger partial charge in [-0.3, -0.25) is 4.90 Å². The number of nitriles is 1. The molecule has 0 aromatic heterocycles. The van der Waals surface area contributed by atoms with Crippen LogP contribution in [-0.4, -0.2) is 65.4 Å². The Kier molecular flexibility index (Phi) is 6.30. The molecule has 1 unspecified atom stereocenters. The molecule has 3 rings (SSSR count). The van der Waals surface area contributed by atoms with Gasteiger partial charge in [-0.15, -0.1) is 0 Å². The standard InChI is InChI=1S/C21H30N4O3/c1-3-17-13-18(23-21(15-22)7-4-8-21)5-6-19(17)28-12-11-24-9-10-25(20(26)27)16(2)14-24/h5-6,13,16,23H,3-4,7-12,14H2,1-2H3,(H,26,27). The summed E-state index contributed by atoms with van der Waals surface area (Å²) in [6.45, 7) is 7.40. The summed E-state index contributed by atoms with van der Waals surface area (Å²) in [5.41, 5.74) is 1.70. The molecule has 28 heavy (non-hydrogen) atoms. The van der Waals surface area contributed by atoms with Crippen molar-refractivity contribution < 1.29 is 14.6 Å². The number of nitrogens with zero attached hydrogens (tertiary/aromatic N) is 3. The predicted molar refractivity (Wildman–Crippen MR) is 108 cm³/mol. The van der Waals surface area contributed by atoms with E-state index in [1.165, 1.54) is 4.90 Å². The lowest BCUT2D eigenvalue weighted by molar-refractivity contribution is 0.0680. The molecule has 7 heteroatoms. The zero-order valence-electron chi connectivity index (χ0n) is 16.8. The number of hydrogen-bond acceptors (Lipinski definition) is 5. The Morgan fingerprint density at radius 2 is 2.21 bits per heavy atom. The number of hydrogen-bond donors (Lipinski definition) is 2. The molecule has 152 valence electrons. The average Bonchev–Trinajstić information content (AvgIpc) is 2.65. The summed E-state index contributed by atoms with van der Waals surface area (Å²) < 4.78 is 6.03. The minimum Gasteiger partial charge on any atom is -0.492 e. The smallest absolute Gasteiger partial charge is 0.407 e. The molecule has 2 aliphatic rings. The summed E-state index contributed by atoms with van der Waals surface area (Å²) in [4.78, 5) is 14.9. The minimum atomic E-state index is -0.843. The minimum absolute atomic E-state index is 0.00164. The predicted octanol–water partition coefficient (Wildman–Crippen LogP) is 3.17. The topological polar surface area (TPSA) is 88.8 Å². The van der Waals surface area contributed by atoms with E-state index in [2.05, 4.69) is 29.3 Å². The van der Waals surface area contributed by atoms with Gasteiger partial charge in [0.1, 0.15) is 17.9 Å². The monoisotopic (exact) mass is 386 g/mol. The quantitative estimate of drug-likeness (QED) is 0.748. The Balaban J connectivity index is 1.52. The lowest BCUT2D eigenvalue weighted by Crippen LogP contribution is -2.54. The van der Waals surface area contributed by atoms with Crippen LogP contribution in [0.4, 0.5) is 10.5 Å². The number of aryl methyl sites for hydroxylation is 1. The number of piperazine rings is 1. The number of carbonyl (C=O) groups is 1. The molecule has 1 aromatic rings. The number of amides is 1. The molecule has 0 bridgehead atoms. The van der Waals surface area contributed by atoms with Gasteiger partial charge in [-0.2, -0.15) is 5.26 Å². The Morgan fingerprint density at radius 1 is 1.43 bits per heavy atom. The third kappa shape index (κ3) is 4.50. The third-order valence-electron chi connectivity index (χ3n) is 5.87. The number of anilines is 1. The lowest BCUT2D eigenvalue weighted by atomic mass is 9.78. The average molecular weight is 386 g/mol. The van der Waals surface area contributed by atoms with Gasteiger partial charge in [-0.05, 0) is 56.4 Å². The van der Waals surface area contributed by atoms with Crippen molar-refractivity contribution in [2.24, 2.45) is 0 Å². The third-order valence-corrected chi connectivity index (χ3v) is 5.87. The molecule has 1 saturated carbocycles. The van der Waals surface area contributed by atoms with E-state index >= 15 is 0 Å². The van der Waals surface area contributed by atoms with Crippen molar-refractivity contribution in [2.75, 3.05) is 38.1 Å². The largest absolute Gasteiger partial charge is 0.492 e. The number of carboxylic acid groups (broad SMARTS) is 1. The van der Waals surface area contributed by atoms with E-state index in [1.807, 2.05) is 19.1 Å². The maximum absolute atomic E-state index is 11.2. The number of ether oxygens (including phenoxy) is 1. The molecule has 1 aromatic carbocycles. The second-order valence-electron chi connectivity index (χ2n) is 7.82. The lowest BCUT2D eigenvalue weighted by Gasteiger charge is -2.38. The Hall–Kier alpha value is -2.46. The van der Waals surface area contributed by atoms with E-state index in [4.69, 9.17) is 9.84 Å². The van der Waals surface area contributed by atoms with Gasteiger partial charge in [-0.1, -0.05) is 6.92 Å². The van der Waals surface area contributed by atoms with E-state index in [0.29, 0.717) is 13.2 Å². The molecular weight excluding hydrogens is 356 g/mol. The van der Waals surface area contributed by atoms with Crippen molar-refractivity contribution in [3.05, 3.63) is 23.8 Å². The highest BCUT2D eigenvalue weighted by Gasteiger charge is 2.37. The number of nitrogens with one attached hydrogen (secondary N) is 1. The van der Waals surface area contributed by atoms with Crippen LogP contribution in [-0.2, 0) is 6.42 Å². The summed E-state index contributed by atoms with van der Waals surface area (Å²) in [6.07, 6.45) is 2.92. The van der Waals surface area contributed by atoms with Crippen LogP contribution in [0.3, 0.4) is 0 Å². The van der Waals surface area contributed by atoms with Gasteiger partial charge in [0.05, 0.1) is 6.07 Å². The molecule has 7 nitrogen and oxygen atoms in total. The summed E-state index contributed by atoms with van der Waals surface area (Å²) in [6, 6.07) is 8.46. The molecule has 0 spiro atoms. The summed E-state index contributed by atoms with van der Waals surface area (Å²) in [5, 5.41) is 22.0. The van der Waals surface area contributed by atoms with E-state index < -0.39 is 11.6 Å². The van der Waals surface area contributed by atoms with Crippen LogP contribution in [0, 0.1) is 11.3 Å². The highest BCUT2D eigenvalue weighted by molar-refractivity contribution is 5.65. The first kappa shape index (κ1) is 20.3. The van der Waals surface area contributed by atoms with Crippen LogP contribution in [0.2, 0.25) is 0 Å². The maximum Gasteiger partial charge on any atom is 0.407 e. The molecule has 1 heterocycles. The highest BCUT2D eigenvalue weighted by atomic mass is 16.5. The second-order valence-corrected chi connectivity index (χ2v) is 7.82. The molecular formula is C21H30N4O3. The molecule has 2 fully saturated rings. The van der Waals surface area contributed by atoms with Crippen LogP contribution in [0.1, 0.15) is 38.7 Å². The van der Waals surface area contributed by atoms with Gasteiger partial charge >= 0.3 is 6.09 Å². The molecule has 1 aliphatic carbocycles. The first-order valence-electron chi connectivity index (χ1n) is 10.1. The van der Waals surface area contributed by atoms with Crippen molar-refractivity contribution in [3.63, 3.8) is 0 Å². The van der Waals surface area contributed by atoms with Gasteiger partial charge in [0.15, 0.2) is 0 Å².